The van der Waals surface area contributed by atoms with Crippen LogP contribution in [0.2, 0.25) is 0 Å². The molecule has 0 radical (unpaired) electrons. The summed E-state index contributed by atoms with van der Waals surface area (Å²) in [6.45, 7) is 5.61. The molecule has 0 amide bonds. The Morgan fingerprint density at radius 3 is 2.59 bits per heavy atom. The highest BCUT2D eigenvalue weighted by Crippen LogP contribution is 2.14. The van der Waals surface area contributed by atoms with Crippen LogP contribution in [0.3, 0.4) is 0 Å². The molecule has 4 heteroatoms. The zero-order chi connectivity index (χ0) is 12.3. The second-order valence-corrected chi connectivity index (χ2v) is 4.20. The highest BCUT2D eigenvalue weighted by atomic mass is 15.3. The van der Waals surface area contributed by atoms with E-state index in [1.54, 1.807) is 0 Å². The molecule has 90 valence electrons. The zero-order valence-corrected chi connectivity index (χ0v) is 10.3. The average Bonchev–Trinajstić information content (AvgIpc) is 2.59. The summed E-state index contributed by atoms with van der Waals surface area (Å²) in [6.07, 6.45) is 4.51. The monoisotopic (exact) mass is 230 g/mol. The van der Waals surface area contributed by atoms with E-state index in [1.165, 1.54) is 16.8 Å². The Balaban J connectivity index is 2.25. The van der Waals surface area contributed by atoms with Crippen molar-refractivity contribution in [2.24, 2.45) is 5.73 Å². The van der Waals surface area contributed by atoms with Crippen molar-refractivity contribution in [3.8, 4) is 0 Å². The van der Waals surface area contributed by atoms with E-state index in [4.69, 9.17) is 5.73 Å². The topological polar surface area (TPSA) is 56.7 Å². The van der Waals surface area contributed by atoms with E-state index in [0.29, 0.717) is 6.54 Å². The summed E-state index contributed by atoms with van der Waals surface area (Å²) in [7, 11) is 0. The minimum absolute atomic E-state index is 0.669. The third-order valence-electron chi connectivity index (χ3n) is 3.01. The smallest absolute Gasteiger partial charge is 0.0663 e. The van der Waals surface area contributed by atoms with Crippen molar-refractivity contribution in [1.29, 1.82) is 0 Å². The molecule has 2 rings (SSSR count). The number of aryl methyl sites for hydroxylation is 1. The van der Waals surface area contributed by atoms with Gasteiger partial charge in [0, 0.05) is 18.1 Å². The van der Waals surface area contributed by atoms with Crippen molar-refractivity contribution in [2.45, 2.75) is 26.8 Å². The minimum Gasteiger partial charge on any atom is -0.330 e. The first-order valence-electron chi connectivity index (χ1n) is 5.84. The lowest BCUT2D eigenvalue weighted by molar-refractivity contribution is 0.657. The highest BCUT2D eigenvalue weighted by Gasteiger charge is 2.10. The van der Waals surface area contributed by atoms with Gasteiger partial charge in [-0.3, -0.25) is 9.67 Å². The van der Waals surface area contributed by atoms with Crippen LogP contribution in [-0.4, -0.2) is 21.3 Å². The van der Waals surface area contributed by atoms with E-state index >= 15 is 0 Å². The summed E-state index contributed by atoms with van der Waals surface area (Å²) in [5.41, 5.74) is 10.4. The summed E-state index contributed by atoms with van der Waals surface area (Å²) in [5.74, 6) is 0. The van der Waals surface area contributed by atoms with E-state index < -0.39 is 0 Å². The second-order valence-electron chi connectivity index (χ2n) is 4.20. The Kier molecular flexibility index (Phi) is 3.54. The van der Waals surface area contributed by atoms with Gasteiger partial charge in [-0.1, -0.05) is 0 Å². The summed E-state index contributed by atoms with van der Waals surface area (Å²) >= 11 is 0. The van der Waals surface area contributed by atoms with Gasteiger partial charge in [-0.15, -0.1) is 0 Å². The Morgan fingerprint density at radius 2 is 1.94 bits per heavy atom. The Morgan fingerprint density at radius 1 is 1.24 bits per heavy atom. The van der Waals surface area contributed by atoms with Crippen LogP contribution in [0.25, 0.3) is 0 Å². The van der Waals surface area contributed by atoms with Crippen molar-refractivity contribution < 1.29 is 0 Å². The lowest BCUT2D eigenvalue weighted by Gasteiger charge is -2.05. The van der Waals surface area contributed by atoms with Crippen LogP contribution < -0.4 is 5.73 Å². The molecule has 0 saturated carbocycles. The molecule has 0 aliphatic heterocycles. The van der Waals surface area contributed by atoms with Crippen molar-refractivity contribution in [3.05, 3.63) is 47.0 Å². The lowest BCUT2D eigenvalue weighted by Crippen LogP contribution is -2.06. The molecule has 2 N–H and O–H groups in total. The molecular weight excluding hydrogens is 212 g/mol. The molecule has 0 spiro atoms. The molecule has 0 atom stereocenters. The third-order valence-corrected chi connectivity index (χ3v) is 3.01. The number of pyridine rings is 1. The summed E-state index contributed by atoms with van der Waals surface area (Å²) in [6, 6.07) is 4.03. The van der Waals surface area contributed by atoms with Crippen LogP contribution in [0.5, 0.6) is 0 Å². The standard InChI is InChI=1S/C13H18N4/c1-10-13(3-6-14)11(2)17(16-10)9-12-4-7-15-8-5-12/h4-5,7-8H,3,6,9,14H2,1-2H3. The highest BCUT2D eigenvalue weighted by molar-refractivity contribution is 5.26. The Labute approximate surface area is 101 Å². The van der Waals surface area contributed by atoms with Gasteiger partial charge >= 0.3 is 0 Å². The second kappa shape index (κ2) is 5.10. The van der Waals surface area contributed by atoms with Crippen LogP contribution in [0.4, 0.5) is 0 Å². The number of hydrogen-bond donors (Lipinski definition) is 1. The van der Waals surface area contributed by atoms with Crippen molar-refractivity contribution >= 4 is 0 Å². The zero-order valence-electron chi connectivity index (χ0n) is 10.3. The van der Waals surface area contributed by atoms with Crippen LogP contribution in [0, 0.1) is 13.8 Å². The maximum atomic E-state index is 5.61. The summed E-state index contributed by atoms with van der Waals surface area (Å²) in [5, 5.41) is 4.56. The molecule has 0 aromatic carbocycles. The fourth-order valence-corrected chi connectivity index (χ4v) is 2.06. The molecule has 0 unspecified atom stereocenters. The van der Waals surface area contributed by atoms with Gasteiger partial charge in [0.05, 0.1) is 12.2 Å². The SMILES string of the molecule is Cc1nn(Cc2ccncc2)c(C)c1CCN. The number of nitrogens with two attached hydrogens (primary N) is 1. The molecule has 17 heavy (non-hydrogen) atoms. The quantitative estimate of drug-likeness (QED) is 0.864. The minimum atomic E-state index is 0.669. The summed E-state index contributed by atoms with van der Waals surface area (Å²) in [4.78, 5) is 4.02. The first-order chi connectivity index (χ1) is 8.22. The van der Waals surface area contributed by atoms with Gasteiger partial charge in [0.1, 0.15) is 0 Å². The molecule has 2 aromatic rings. The Hall–Kier alpha value is -1.68. The summed E-state index contributed by atoms with van der Waals surface area (Å²) < 4.78 is 2.04. The van der Waals surface area contributed by atoms with Crippen LogP contribution >= 0.6 is 0 Å². The average molecular weight is 230 g/mol. The molecule has 0 saturated heterocycles. The van der Waals surface area contributed by atoms with Gasteiger partial charge in [0.25, 0.3) is 0 Å². The predicted molar refractivity (Wildman–Crippen MR) is 67.8 cm³/mol. The van der Waals surface area contributed by atoms with Crippen molar-refractivity contribution in [2.75, 3.05) is 6.54 Å². The number of aromatic nitrogens is 3. The number of nitrogens with zero attached hydrogens (tertiary/aromatic N) is 3. The van der Waals surface area contributed by atoms with E-state index in [2.05, 4.69) is 17.0 Å². The number of hydrogen-bond acceptors (Lipinski definition) is 3. The van der Waals surface area contributed by atoms with Gasteiger partial charge in [0.15, 0.2) is 0 Å². The first kappa shape index (κ1) is 11.8. The van der Waals surface area contributed by atoms with E-state index in [9.17, 15) is 0 Å². The third kappa shape index (κ3) is 2.53. The Bertz CT molecular complexity index is 488. The van der Waals surface area contributed by atoms with E-state index in [1.807, 2.05) is 36.1 Å². The largest absolute Gasteiger partial charge is 0.330 e. The number of rotatable bonds is 4. The molecule has 0 aliphatic carbocycles. The lowest BCUT2D eigenvalue weighted by atomic mass is 10.1. The molecule has 4 nitrogen and oxygen atoms in total. The molecular formula is C13H18N4. The van der Waals surface area contributed by atoms with Crippen LogP contribution in [0.1, 0.15) is 22.5 Å². The van der Waals surface area contributed by atoms with E-state index in [0.717, 1.165) is 18.7 Å². The van der Waals surface area contributed by atoms with Gasteiger partial charge in [-0.05, 0) is 50.1 Å². The van der Waals surface area contributed by atoms with Crippen LogP contribution in [-0.2, 0) is 13.0 Å². The van der Waals surface area contributed by atoms with Gasteiger partial charge in [0.2, 0.25) is 0 Å². The fourth-order valence-electron chi connectivity index (χ4n) is 2.06. The molecule has 0 aliphatic rings. The van der Waals surface area contributed by atoms with Crippen molar-refractivity contribution in [3.63, 3.8) is 0 Å². The maximum Gasteiger partial charge on any atom is 0.0663 e. The molecule has 0 fully saturated rings. The van der Waals surface area contributed by atoms with Gasteiger partial charge < -0.3 is 5.73 Å². The van der Waals surface area contributed by atoms with Crippen molar-refractivity contribution in [1.82, 2.24) is 14.8 Å². The van der Waals surface area contributed by atoms with Gasteiger partial charge in [-0.2, -0.15) is 5.10 Å². The normalized spacial score (nSPS) is 10.8. The van der Waals surface area contributed by atoms with Gasteiger partial charge in [-0.25, -0.2) is 0 Å². The fraction of sp³-hybridized carbons (Fsp3) is 0.385. The van der Waals surface area contributed by atoms with E-state index in [-0.39, 0.29) is 0 Å². The maximum absolute atomic E-state index is 5.61. The molecule has 2 aromatic heterocycles. The first-order valence-corrected chi connectivity index (χ1v) is 5.84. The molecule has 2 heterocycles. The predicted octanol–water partition coefficient (Wildman–Crippen LogP) is 1.44. The molecule has 0 bridgehead atoms. The van der Waals surface area contributed by atoms with Crippen LogP contribution in [0.15, 0.2) is 24.5 Å².